The number of hydrogen-bond donors (Lipinski definition) is 2. The Labute approximate surface area is 301 Å². The Morgan fingerprint density at radius 2 is 0.955 bits per heavy atom. The van der Waals surface area contributed by atoms with E-state index in [-0.39, 0.29) is 80.1 Å². The maximum Gasteiger partial charge on any atom is 3.00 e. The molecule has 3 rings (SSSR count). The van der Waals surface area contributed by atoms with Gasteiger partial charge in [-0.05, 0) is 90.9 Å². The Morgan fingerprint density at radius 3 is 1.20 bits per heavy atom. The van der Waals surface area contributed by atoms with Crippen LogP contribution in [0.4, 0.5) is 0 Å². The first-order valence-electron chi connectivity index (χ1n) is 14.9. The second kappa shape index (κ2) is 22.6. The molecule has 0 bridgehead atoms. The molecule has 0 aromatic heterocycles. The Kier molecular flexibility index (Phi) is 23.2. The van der Waals surface area contributed by atoms with Crippen molar-refractivity contribution in [3.05, 3.63) is 55.5 Å². The summed E-state index contributed by atoms with van der Waals surface area (Å²) in [5.41, 5.74) is 3.63. The molecule has 1 aliphatic rings. The summed E-state index contributed by atoms with van der Waals surface area (Å²) in [7, 11) is 0. The Bertz CT molecular complexity index is 1070. The average Bonchev–Trinajstić information content (AvgIpc) is 2.91. The van der Waals surface area contributed by atoms with Crippen LogP contribution in [0.15, 0.2) is 43.2 Å². The van der Waals surface area contributed by atoms with Gasteiger partial charge in [0, 0.05) is 23.6 Å². The van der Waals surface area contributed by atoms with Crippen molar-refractivity contribution >= 4 is 70.1 Å². The summed E-state index contributed by atoms with van der Waals surface area (Å²) < 4.78 is 1.36. The fourth-order valence-electron chi connectivity index (χ4n) is 4.10. The molecule has 2 aromatic carbocycles. The third kappa shape index (κ3) is 16.1. The fraction of sp³-hybridized carbons (Fsp3) is 0.588. The van der Waals surface area contributed by atoms with Gasteiger partial charge in [0.2, 0.25) is 0 Å². The minimum absolute atomic E-state index is 0. The largest absolute Gasteiger partial charge is 3.00 e. The van der Waals surface area contributed by atoms with Crippen molar-refractivity contribution in [2.24, 2.45) is 9.98 Å². The number of hydrogen-bond acceptors (Lipinski definition) is 7. The summed E-state index contributed by atoms with van der Waals surface area (Å²) in [5, 5.41) is 48.0. The quantitative estimate of drug-likeness (QED) is 0.377. The zero-order valence-corrected chi connectivity index (χ0v) is 34.4. The van der Waals surface area contributed by atoms with Crippen LogP contribution >= 0.6 is 31.9 Å². The van der Waals surface area contributed by atoms with E-state index in [4.69, 9.17) is 25.3 Å². The molecule has 244 valence electrons. The van der Waals surface area contributed by atoms with Gasteiger partial charge in [0.15, 0.2) is 0 Å². The molecule has 0 amide bonds. The summed E-state index contributed by atoms with van der Waals surface area (Å²) in [4.78, 5) is 9.76. The first-order chi connectivity index (χ1) is 20.0. The molecule has 7 nitrogen and oxygen atoms in total. The SMILES string of the molecule is CC(C)(C)c1cc(Br)c(O)c(C=N[C@@H]2CCCC[C@H]2N=Cc2cc(C(C)(C)C)cc(Br)c2O)c1.CC[O-].CC[O-].CC[O-].[In+3]. The smallest absolute Gasteiger partial charge is 0.855 e. The van der Waals surface area contributed by atoms with Gasteiger partial charge in [-0.15, -0.1) is 19.8 Å². The van der Waals surface area contributed by atoms with E-state index in [1.54, 1.807) is 33.2 Å². The summed E-state index contributed by atoms with van der Waals surface area (Å²) in [6, 6.07) is 8.04. The minimum atomic E-state index is -0.0334. The first-order valence-corrected chi connectivity index (χ1v) is 16.5. The molecular weight excluding hydrogens is 791 g/mol. The number of aromatic hydroxyl groups is 2. The Morgan fingerprint density at radius 1 is 0.682 bits per heavy atom. The van der Waals surface area contributed by atoms with Crippen LogP contribution in [0.5, 0.6) is 11.5 Å². The number of nitrogens with zero attached hydrogens (tertiary/aromatic N) is 2. The van der Waals surface area contributed by atoms with Crippen LogP contribution in [0, 0.1) is 0 Å². The summed E-state index contributed by atoms with van der Waals surface area (Å²) in [5.74, 6) is 0.419. The first kappa shape index (κ1) is 45.2. The summed E-state index contributed by atoms with van der Waals surface area (Å²) in [6.45, 7) is 17.6. The van der Waals surface area contributed by atoms with Crippen molar-refractivity contribution in [2.45, 2.75) is 111 Å². The molecule has 1 aliphatic carbocycles. The molecule has 2 aromatic rings. The molecule has 0 aliphatic heterocycles. The number of aliphatic imine (C=N–C) groups is 2. The standard InChI is InChI=1S/C28H36Br2N2O2.3C2H5O.In/c1-27(2,3)19-11-17(25(33)21(29)13-19)15-31-23-9-7-8-10-24(23)32-16-18-12-20(28(4,5)6)14-22(30)26(18)34;3*1-2-3;/h11-16,23-24,33-34H,7-10H2,1-6H3;3*2H2,1H3;/q;3*-1;+3/t23-,24-;;;;/m1..../s1. The van der Waals surface area contributed by atoms with Crippen LogP contribution in [-0.2, 0) is 10.8 Å². The molecule has 0 saturated heterocycles. The van der Waals surface area contributed by atoms with Crippen LogP contribution in [0.3, 0.4) is 0 Å². The van der Waals surface area contributed by atoms with Crippen molar-refractivity contribution < 1.29 is 25.5 Å². The van der Waals surface area contributed by atoms with E-state index in [0.29, 0.717) is 20.1 Å². The molecule has 1 fully saturated rings. The number of rotatable bonds is 4. The van der Waals surface area contributed by atoms with E-state index in [0.717, 1.165) is 36.8 Å². The van der Waals surface area contributed by atoms with Gasteiger partial charge in [-0.2, -0.15) is 0 Å². The maximum absolute atomic E-state index is 10.6. The van der Waals surface area contributed by atoms with Crippen molar-refractivity contribution in [1.82, 2.24) is 0 Å². The zero-order valence-electron chi connectivity index (χ0n) is 27.9. The van der Waals surface area contributed by atoms with Crippen LogP contribution in [0.2, 0.25) is 0 Å². The van der Waals surface area contributed by atoms with E-state index in [1.165, 1.54) is 0 Å². The van der Waals surface area contributed by atoms with E-state index in [1.807, 2.05) is 24.3 Å². The van der Waals surface area contributed by atoms with Gasteiger partial charge in [0.25, 0.3) is 0 Å². The molecule has 44 heavy (non-hydrogen) atoms. The maximum atomic E-state index is 10.6. The van der Waals surface area contributed by atoms with Crippen LogP contribution < -0.4 is 15.3 Å². The van der Waals surface area contributed by atoms with Gasteiger partial charge in [0.1, 0.15) is 11.5 Å². The average molecular weight is 842 g/mol. The number of benzene rings is 2. The third-order valence-corrected chi connectivity index (χ3v) is 7.63. The molecule has 0 unspecified atom stereocenters. The Balaban J connectivity index is 0. The fourth-order valence-corrected chi connectivity index (χ4v) is 5.05. The number of phenolic OH excluding ortho intramolecular Hbond substituents is 2. The van der Waals surface area contributed by atoms with E-state index < -0.39 is 0 Å². The predicted octanol–water partition coefficient (Wildman–Crippen LogP) is 5.79. The predicted molar refractivity (Wildman–Crippen MR) is 188 cm³/mol. The summed E-state index contributed by atoms with van der Waals surface area (Å²) >= 11 is 6.97. The van der Waals surface area contributed by atoms with Crippen molar-refractivity contribution in [3.8, 4) is 11.5 Å². The van der Waals surface area contributed by atoms with Crippen LogP contribution in [-0.4, -0.2) is 80.4 Å². The second-order valence-electron chi connectivity index (χ2n) is 12.1. The molecule has 1 saturated carbocycles. The Hall–Kier alpha value is -0.910. The van der Waals surface area contributed by atoms with Crippen molar-refractivity contribution in [1.29, 1.82) is 0 Å². The molecule has 0 spiro atoms. The number of halogens is 2. The van der Waals surface area contributed by atoms with E-state index in [2.05, 4.69) is 73.4 Å². The second-order valence-corrected chi connectivity index (χ2v) is 13.8. The zero-order chi connectivity index (χ0) is 33.4. The summed E-state index contributed by atoms with van der Waals surface area (Å²) in [6.07, 6.45) is 7.72. The van der Waals surface area contributed by atoms with E-state index in [9.17, 15) is 10.2 Å². The van der Waals surface area contributed by atoms with Crippen LogP contribution in [0.25, 0.3) is 0 Å². The molecule has 2 N–H and O–H groups in total. The van der Waals surface area contributed by atoms with Crippen LogP contribution in [0.1, 0.15) is 110 Å². The third-order valence-electron chi connectivity index (χ3n) is 6.42. The van der Waals surface area contributed by atoms with Gasteiger partial charge in [-0.25, -0.2) is 0 Å². The van der Waals surface area contributed by atoms with Crippen molar-refractivity contribution in [2.75, 3.05) is 19.8 Å². The molecule has 0 radical (unpaired) electrons. The van der Waals surface area contributed by atoms with Crippen molar-refractivity contribution in [3.63, 3.8) is 0 Å². The van der Waals surface area contributed by atoms with Gasteiger partial charge in [-0.3, -0.25) is 9.98 Å². The van der Waals surface area contributed by atoms with E-state index >= 15 is 0 Å². The molecule has 0 heterocycles. The van der Waals surface area contributed by atoms with Gasteiger partial charge in [0.05, 0.1) is 21.0 Å². The van der Waals surface area contributed by atoms with Gasteiger partial charge >= 0.3 is 25.8 Å². The van der Waals surface area contributed by atoms with Gasteiger partial charge in [-0.1, -0.05) is 75.2 Å². The normalized spacial score (nSPS) is 16.6. The molecule has 2 atom stereocenters. The molecular formula is C34H51Br2InN2O5. The minimum Gasteiger partial charge on any atom is -0.855 e. The van der Waals surface area contributed by atoms with Gasteiger partial charge < -0.3 is 25.5 Å². The topological polar surface area (TPSA) is 134 Å². The number of phenols is 2. The molecule has 10 heteroatoms. The monoisotopic (exact) mass is 840 g/mol.